The van der Waals surface area contributed by atoms with E-state index in [0.29, 0.717) is 24.0 Å². The molecule has 0 bridgehead atoms. The molecule has 10 heteroatoms. The summed E-state index contributed by atoms with van der Waals surface area (Å²) in [6.45, 7) is 2.84. The van der Waals surface area contributed by atoms with E-state index in [1.165, 1.54) is 23.1 Å². The number of carbonyl (C=O) groups is 2. The number of aromatic nitrogens is 1. The molecule has 7 nitrogen and oxygen atoms in total. The molecule has 2 heterocycles. The molecule has 0 unspecified atom stereocenters. The van der Waals surface area contributed by atoms with Gasteiger partial charge in [-0.3, -0.25) is 20.4 Å². The second-order valence-corrected chi connectivity index (χ2v) is 7.99. The lowest BCUT2D eigenvalue weighted by Gasteiger charge is -2.25. The number of anilines is 1. The Labute approximate surface area is 170 Å². The molecule has 0 aliphatic carbocycles. The number of nitrogens with zero attached hydrogens (tertiary/aromatic N) is 2. The predicted molar refractivity (Wildman–Crippen MR) is 108 cm³/mol. The number of benzene rings is 1. The number of ether oxygens (including phenoxy) is 1. The number of hydrogen-bond acceptors (Lipinski definition) is 7. The molecule has 1 aliphatic rings. The number of carbonyl (C=O) groups excluding carboxylic acids is 2. The number of hydrazine groups is 1. The van der Waals surface area contributed by atoms with Crippen LogP contribution in [0, 0.1) is 0 Å². The Morgan fingerprint density at radius 3 is 2.70 bits per heavy atom. The van der Waals surface area contributed by atoms with Gasteiger partial charge in [-0.1, -0.05) is 23.7 Å². The fourth-order valence-electron chi connectivity index (χ4n) is 2.34. The molecule has 1 saturated heterocycles. The topological polar surface area (TPSA) is 83.6 Å². The van der Waals surface area contributed by atoms with Crippen molar-refractivity contribution in [3.05, 3.63) is 45.9 Å². The van der Waals surface area contributed by atoms with Crippen LogP contribution in [0.3, 0.4) is 0 Å². The van der Waals surface area contributed by atoms with E-state index in [1.807, 2.05) is 24.3 Å². The highest BCUT2D eigenvalue weighted by Gasteiger charge is 2.17. The molecule has 0 atom stereocenters. The monoisotopic (exact) mass is 426 g/mol. The first-order chi connectivity index (χ1) is 13.1. The summed E-state index contributed by atoms with van der Waals surface area (Å²) in [5.41, 5.74) is 6.19. The zero-order chi connectivity index (χ0) is 19.1. The van der Waals surface area contributed by atoms with E-state index in [-0.39, 0.29) is 17.4 Å². The van der Waals surface area contributed by atoms with Crippen LogP contribution in [0.25, 0.3) is 0 Å². The fraction of sp³-hybridized carbons (Fsp3) is 0.353. The number of halogens is 1. The first-order valence-corrected chi connectivity index (χ1v) is 10.7. The summed E-state index contributed by atoms with van der Waals surface area (Å²) in [6.07, 6.45) is 0. The molecular weight excluding hydrogens is 408 g/mol. The average molecular weight is 427 g/mol. The van der Waals surface area contributed by atoms with E-state index >= 15 is 0 Å². The lowest BCUT2D eigenvalue weighted by atomic mass is 10.2. The van der Waals surface area contributed by atoms with Gasteiger partial charge in [0, 0.05) is 29.2 Å². The molecule has 27 heavy (non-hydrogen) atoms. The first-order valence-electron chi connectivity index (χ1n) is 8.31. The molecule has 0 radical (unpaired) electrons. The molecule has 144 valence electrons. The highest BCUT2D eigenvalue weighted by molar-refractivity contribution is 7.99. The van der Waals surface area contributed by atoms with Crippen LogP contribution in [-0.4, -0.2) is 48.9 Å². The number of amides is 2. The normalized spacial score (nSPS) is 14.0. The average Bonchev–Trinajstić information content (AvgIpc) is 3.19. The number of rotatable bonds is 6. The molecule has 1 aromatic heterocycles. The summed E-state index contributed by atoms with van der Waals surface area (Å²) in [7, 11) is 0. The van der Waals surface area contributed by atoms with E-state index in [4.69, 9.17) is 16.3 Å². The van der Waals surface area contributed by atoms with Crippen LogP contribution in [0.5, 0.6) is 0 Å². The summed E-state index contributed by atoms with van der Waals surface area (Å²) >= 11 is 8.69. The smallest absolute Gasteiger partial charge is 0.289 e. The second-order valence-electron chi connectivity index (χ2n) is 5.74. The minimum Gasteiger partial charge on any atom is -0.378 e. The standard InChI is InChI=1S/C17H19ClN4O3S2/c18-13-3-1-12(2-4-13)9-26-11-15(23)20-21-16(24)14-10-27-17(19-14)22-5-7-25-8-6-22/h1-4,10H,5-9,11H2,(H,20,23)(H,21,24). The highest BCUT2D eigenvalue weighted by atomic mass is 35.5. The van der Waals surface area contributed by atoms with Crippen molar-refractivity contribution in [3.8, 4) is 0 Å². The van der Waals surface area contributed by atoms with Gasteiger partial charge in [-0.2, -0.15) is 0 Å². The molecule has 2 aromatic rings. The quantitative estimate of drug-likeness (QED) is 0.690. The molecule has 1 aliphatic heterocycles. The third kappa shape index (κ3) is 6.10. The van der Waals surface area contributed by atoms with Gasteiger partial charge < -0.3 is 9.64 Å². The number of nitrogens with one attached hydrogen (secondary N) is 2. The zero-order valence-corrected chi connectivity index (χ0v) is 16.8. The molecule has 2 amide bonds. The van der Waals surface area contributed by atoms with Gasteiger partial charge in [0.2, 0.25) is 5.91 Å². The Morgan fingerprint density at radius 1 is 1.22 bits per heavy atom. The Balaban J connectivity index is 1.38. The van der Waals surface area contributed by atoms with Crippen LogP contribution >= 0.6 is 34.7 Å². The van der Waals surface area contributed by atoms with Crippen molar-refractivity contribution in [2.75, 3.05) is 37.0 Å². The minimum absolute atomic E-state index is 0.235. The van der Waals surface area contributed by atoms with Gasteiger partial charge in [-0.05, 0) is 17.7 Å². The van der Waals surface area contributed by atoms with Gasteiger partial charge in [0.15, 0.2) is 5.13 Å². The second kappa shape index (κ2) is 9.93. The Hall–Kier alpha value is -1.81. The van der Waals surface area contributed by atoms with E-state index in [0.717, 1.165) is 23.8 Å². The summed E-state index contributed by atoms with van der Waals surface area (Å²) in [5.74, 6) is 0.222. The number of hydrogen-bond donors (Lipinski definition) is 2. The maximum Gasteiger partial charge on any atom is 0.289 e. The van der Waals surface area contributed by atoms with Crippen molar-refractivity contribution in [3.63, 3.8) is 0 Å². The molecule has 3 rings (SSSR count). The third-order valence-corrected chi connectivity index (χ3v) is 5.89. The van der Waals surface area contributed by atoms with E-state index in [2.05, 4.69) is 20.7 Å². The summed E-state index contributed by atoms with van der Waals surface area (Å²) in [6, 6.07) is 7.47. The summed E-state index contributed by atoms with van der Waals surface area (Å²) in [5, 5.41) is 3.15. The van der Waals surface area contributed by atoms with Crippen LogP contribution in [0.4, 0.5) is 5.13 Å². The van der Waals surface area contributed by atoms with Crippen LogP contribution in [-0.2, 0) is 15.3 Å². The molecule has 0 spiro atoms. The minimum atomic E-state index is -0.429. The van der Waals surface area contributed by atoms with E-state index in [9.17, 15) is 9.59 Å². The van der Waals surface area contributed by atoms with Gasteiger partial charge >= 0.3 is 0 Å². The van der Waals surface area contributed by atoms with E-state index < -0.39 is 5.91 Å². The van der Waals surface area contributed by atoms with Gasteiger partial charge in [0.1, 0.15) is 5.69 Å². The highest BCUT2D eigenvalue weighted by Crippen LogP contribution is 2.21. The van der Waals surface area contributed by atoms with Crippen molar-refractivity contribution in [2.45, 2.75) is 5.75 Å². The van der Waals surface area contributed by atoms with Gasteiger partial charge in [-0.25, -0.2) is 4.98 Å². The maximum atomic E-state index is 12.1. The molecule has 1 fully saturated rings. The Morgan fingerprint density at radius 2 is 1.96 bits per heavy atom. The van der Waals surface area contributed by atoms with Crippen LogP contribution in [0.2, 0.25) is 5.02 Å². The largest absolute Gasteiger partial charge is 0.378 e. The number of thioether (sulfide) groups is 1. The van der Waals surface area contributed by atoms with E-state index in [1.54, 1.807) is 5.38 Å². The first kappa shape index (κ1) is 19.9. The van der Waals surface area contributed by atoms with Crippen molar-refractivity contribution in [1.29, 1.82) is 0 Å². The van der Waals surface area contributed by atoms with Crippen molar-refractivity contribution in [1.82, 2.24) is 15.8 Å². The fourth-order valence-corrected chi connectivity index (χ4v) is 4.11. The van der Waals surface area contributed by atoms with Crippen LogP contribution in [0.1, 0.15) is 16.1 Å². The third-order valence-electron chi connectivity index (χ3n) is 3.74. The number of morpholine rings is 1. The van der Waals surface area contributed by atoms with Crippen molar-refractivity contribution in [2.24, 2.45) is 0 Å². The Kier molecular flexibility index (Phi) is 7.33. The summed E-state index contributed by atoms with van der Waals surface area (Å²) in [4.78, 5) is 30.4. The molecule has 0 saturated carbocycles. The predicted octanol–water partition coefficient (Wildman–Crippen LogP) is 2.33. The van der Waals surface area contributed by atoms with Gasteiger partial charge in [0.25, 0.3) is 5.91 Å². The Bertz CT molecular complexity index is 779. The SMILES string of the molecule is O=C(CSCc1ccc(Cl)cc1)NNC(=O)c1csc(N2CCOCC2)n1. The van der Waals surface area contributed by atoms with Gasteiger partial charge in [0.05, 0.1) is 19.0 Å². The lowest BCUT2D eigenvalue weighted by Crippen LogP contribution is -2.42. The maximum absolute atomic E-state index is 12.1. The lowest BCUT2D eigenvalue weighted by molar-refractivity contribution is -0.119. The van der Waals surface area contributed by atoms with Gasteiger partial charge in [-0.15, -0.1) is 23.1 Å². The number of thiazole rings is 1. The zero-order valence-electron chi connectivity index (χ0n) is 14.4. The van der Waals surface area contributed by atoms with Crippen molar-refractivity contribution < 1.29 is 14.3 Å². The van der Waals surface area contributed by atoms with Crippen molar-refractivity contribution >= 4 is 51.6 Å². The molecule has 1 aromatic carbocycles. The van der Waals surface area contributed by atoms with Crippen LogP contribution < -0.4 is 15.8 Å². The summed E-state index contributed by atoms with van der Waals surface area (Å²) < 4.78 is 5.31. The molecule has 2 N–H and O–H groups in total. The van der Waals surface area contributed by atoms with Crippen LogP contribution in [0.15, 0.2) is 29.6 Å². The molecular formula is C17H19ClN4O3S2.